The first kappa shape index (κ1) is 11.0. The van der Waals surface area contributed by atoms with Crippen LogP contribution in [0.4, 0.5) is 5.69 Å². The topological polar surface area (TPSA) is 46.3 Å². The molecule has 1 saturated heterocycles. The van der Waals surface area contributed by atoms with Gasteiger partial charge < -0.3 is 10.6 Å². The molecular formula is C13H18N2O. The van der Waals surface area contributed by atoms with Crippen molar-refractivity contribution in [3.8, 4) is 0 Å². The number of nitrogens with two attached hydrogens (primary N) is 1. The number of carbonyl (C=O) groups is 1. The molecule has 2 rings (SSSR count). The maximum atomic E-state index is 11.7. The predicted molar refractivity (Wildman–Crippen MR) is 65.2 cm³/mol. The van der Waals surface area contributed by atoms with Gasteiger partial charge in [0.25, 0.3) is 0 Å². The predicted octanol–water partition coefficient (Wildman–Crippen LogP) is 1.91. The molecule has 0 radical (unpaired) electrons. The van der Waals surface area contributed by atoms with Crippen LogP contribution in [-0.2, 0) is 4.79 Å². The number of nitrogen functional groups attached to an aromatic ring is 1. The fourth-order valence-corrected chi connectivity index (χ4v) is 2.37. The quantitative estimate of drug-likeness (QED) is 0.732. The fourth-order valence-electron chi connectivity index (χ4n) is 2.37. The number of benzene rings is 1. The summed E-state index contributed by atoms with van der Waals surface area (Å²) < 4.78 is 0. The summed E-state index contributed by atoms with van der Waals surface area (Å²) in [6.45, 7) is 2.92. The van der Waals surface area contributed by atoms with E-state index in [9.17, 15) is 4.79 Å². The summed E-state index contributed by atoms with van der Waals surface area (Å²) in [7, 11) is 1.87. The third-order valence-electron chi connectivity index (χ3n) is 3.39. The molecule has 1 unspecified atom stereocenters. The molecule has 86 valence electrons. The smallest absolute Gasteiger partial charge is 0.222 e. The summed E-state index contributed by atoms with van der Waals surface area (Å²) in [5.41, 5.74) is 8.99. The molecule has 2 N–H and O–H groups in total. The molecule has 0 aliphatic carbocycles. The largest absolute Gasteiger partial charge is 0.399 e. The van der Waals surface area contributed by atoms with Gasteiger partial charge in [-0.2, -0.15) is 0 Å². The van der Waals surface area contributed by atoms with Crippen LogP contribution in [0.1, 0.15) is 29.9 Å². The standard InChI is InChI=1S/C13H18N2O/c1-9-7-11(14)3-4-12(9)10-5-6-15(2)13(16)8-10/h3-4,7,10H,5-6,8,14H2,1-2H3. The lowest BCUT2D eigenvalue weighted by molar-refractivity contribution is -0.132. The number of amides is 1. The Morgan fingerprint density at radius 3 is 2.81 bits per heavy atom. The average Bonchev–Trinajstić information content (AvgIpc) is 2.22. The zero-order chi connectivity index (χ0) is 11.7. The molecule has 1 aliphatic heterocycles. The minimum absolute atomic E-state index is 0.243. The van der Waals surface area contributed by atoms with Crippen LogP contribution in [0, 0.1) is 6.92 Å². The van der Waals surface area contributed by atoms with Crippen molar-refractivity contribution >= 4 is 11.6 Å². The van der Waals surface area contributed by atoms with Gasteiger partial charge in [0, 0.05) is 25.7 Å². The molecule has 1 fully saturated rings. The number of piperidine rings is 1. The van der Waals surface area contributed by atoms with Gasteiger partial charge in [0.05, 0.1) is 0 Å². The van der Waals surface area contributed by atoms with Gasteiger partial charge in [-0.25, -0.2) is 0 Å². The number of aryl methyl sites for hydroxylation is 1. The summed E-state index contributed by atoms with van der Waals surface area (Å²) in [6.07, 6.45) is 1.67. The SMILES string of the molecule is Cc1cc(N)ccc1C1CCN(C)C(=O)C1. The Balaban J connectivity index is 2.22. The summed E-state index contributed by atoms with van der Waals surface area (Å²) in [6, 6.07) is 5.97. The van der Waals surface area contributed by atoms with E-state index in [2.05, 4.69) is 13.0 Å². The number of likely N-dealkylation sites (tertiary alicyclic amines) is 1. The van der Waals surface area contributed by atoms with Gasteiger partial charge in [-0.1, -0.05) is 6.07 Å². The summed E-state index contributed by atoms with van der Waals surface area (Å²) >= 11 is 0. The summed E-state index contributed by atoms with van der Waals surface area (Å²) in [5.74, 6) is 0.608. The maximum Gasteiger partial charge on any atom is 0.222 e. The van der Waals surface area contributed by atoms with E-state index < -0.39 is 0 Å². The molecule has 0 bridgehead atoms. The highest BCUT2D eigenvalue weighted by Crippen LogP contribution is 2.31. The van der Waals surface area contributed by atoms with E-state index in [-0.39, 0.29) is 5.91 Å². The van der Waals surface area contributed by atoms with E-state index in [1.54, 1.807) is 0 Å². The van der Waals surface area contributed by atoms with Crippen molar-refractivity contribution in [2.75, 3.05) is 19.3 Å². The van der Waals surface area contributed by atoms with E-state index >= 15 is 0 Å². The summed E-state index contributed by atoms with van der Waals surface area (Å²) in [5, 5.41) is 0. The number of hydrogen-bond donors (Lipinski definition) is 1. The monoisotopic (exact) mass is 218 g/mol. The Morgan fingerprint density at radius 2 is 2.19 bits per heavy atom. The first-order chi connectivity index (χ1) is 7.58. The molecule has 0 aromatic heterocycles. The zero-order valence-electron chi connectivity index (χ0n) is 9.86. The third kappa shape index (κ3) is 2.03. The van der Waals surface area contributed by atoms with Crippen molar-refractivity contribution in [1.29, 1.82) is 0 Å². The molecule has 16 heavy (non-hydrogen) atoms. The van der Waals surface area contributed by atoms with Crippen molar-refractivity contribution in [2.45, 2.75) is 25.7 Å². The van der Waals surface area contributed by atoms with Gasteiger partial charge in [-0.05, 0) is 42.5 Å². The van der Waals surface area contributed by atoms with E-state index in [1.165, 1.54) is 11.1 Å². The lowest BCUT2D eigenvalue weighted by atomic mass is 9.86. The van der Waals surface area contributed by atoms with Crippen molar-refractivity contribution < 1.29 is 4.79 Å². The van der Waals surface area contributed by atoms with Crippen LogP contribution in [0.5, 0.6) is 0 Å². The average molecular weight is 218 g/mol. The number of nitrogens with zero attached hydrogens (tertiary/aromatic N) is 1. The van der Waals surface area contributed by atoms with E-state index in [0.717, 1.165) is 18.7 Å². The Bertz CT molecular complexity index is 414. The molecule has 0 saturated carbocycles. The van der Waals surface area contributed by atoms with Gasteiger partial charge in [0.2, 0.25) is 5.91 Å². The van der Waals surface area contributed by atoms with Crippen molar-refractivity contribution in [3.05, 3.63) is 29.3 Å². The molecule has 1 aromatic rings. The van der Waals surface area contributed by atoms with E-state index in [4.69, 9.17) is 5.73 Å². The van der Waals surface area contributed by atoms with Crippen LogP contribution in [0.2, 0.25) is 0 Å². The lowest BCUT2D eigenvalue weighted by Gasteiger charge is -2.29. The van der Waals surface area contributed by atoms with Crippen LogP contribution >= 0.6 is 0 Å². The molecule has 1 aromatic carbocycles. The van der Waals surface area contributed by atoms with Gasteiger partial charge in [-0.15, -0.1) is 0 Å². The highest BCUT2D eigenvalue weighted by atomic mass is 16.2. The Labute approximate surface area is 96.2 Å². The molecule has 3 heteroatoms. The molecule has 1 amide bonds. The first-order valence-electron chi connectivity index (χ1n) is 5.68. The molecule has 1 atom stereocenters. The van der Waals surface area contributed by atoms with Gasteiger partial charge in [-0.3, -0.25) is 4.79 Å². The van der Waals surface area contributed by atoms with Crippen LogP contribution in [0.15, 0.2) is 18.2 Å². The third-order valence-corrected chi connectivity index (χ3v) is 3.39. The first-order valence-corrected chi connectivity index (χ1v) is 5.68. The number of anilines is 1. The zero-order valence-corrected chi connectivity index (χ0v) is 9.86. The van der Waals surface area contributed by atoms with Crippen LogP contribution < -0.4 is 5.73 Å². The number of carbonyl (C=O) groups excluding carboxylic acids is 1. The van der Waals surface area contributed by atoms with Gasteiger partial charge in [0.15, 0.2) is 0 Å². The Morgan fingerprint density at radius 1 is 1.44 bits per heavy atom. The van der Waals surface area contributed by atoms with E-state index in [1.807, 2.05) is 24.1 Å². The molecule has 3 nitrogen and oxygen atoms in total. The van der Waals surface area contributed by atoms with Crippen molar-refractivity contribution in [1.82, 2.24) is 4.90 Å². The second-order valence-corrected chi connectivity index (χ2v) is 4.62. The van der Waals surface area contributed by atoms with Crippen molar-refractivity contribution in [2.24, 2.45) is 0 Å². The second-order valence-electron chi connectivity index (χ2n) is 4.62. The Hall–Kier alpha value is -1.51. The van der Waals surface area contributed by atoms with Crippen molar-refractivity contribution in [3.63, 3.8) is 0 Å². The molecule has 1 aliphatic rings. The summed E-state index contributed by atoms with van der Waals surface area (Å²) in [4.78, 5) is 13.5. The maximum absolute atomic E-state index is 11.7. The van der Waals surface area contributed by atoms with Gasteiger partial charge >= 0.3 is 0 Å². The van der Waals surface area contributed by atoms with Crippen LogP contribution in [-0.4, -0.2) is 24.4 Å². The second kappa shape index (κ2) is 4.16. The molecular weight excluding hydrogens is 200 g/mol. The molecule has 1 heterocycles. The minimum atomic E-state index is 0.243. The highest BCUT2D eigenvalue weighted by molar-refractivity contribution is 5.77. The lowest BCUT2D eigenvalue weighted by Crippen LogP contribution is -2.34. The number of rotatable bonds is 1. The van der Waals surface area contributed by atoms with Crippen LogP contribution in [0.25, 0.3) is 0 Å². The van der Waals surface area contributed by atoms with Crippen LogP contribution in [0.3, 0.4) is 0 Å². The number of hydrogen-bond acceptors (Lipinski definition) is 2. The van der Waals surface area contributed by atoms with E-state index in [0.29, 0.717) is 12.3 Å². The normalized spacial score (nSPS) is 21.2. The van der Waals surface area contributed by atoms with Gasteiger partial charge in [0.1, 0.15) is 0 Å². The highest BCUT2D eigenvalue weighted by Gasteiger charge is 2.25. The fraction of sp³-hybridized carbons (Fsp3) is 0.462. The molecule has 0 spiro atoms. The minimum Gasteiger partial charge on any atom is -0.399 e. The Kier molecular flexibility index (Phi) is 2.86.